The van der Waals surface area contributed by atoms with E-state index in [1.54, 1.807) is 54.6 Å². The lowest BCUT2D eigenvalue weighted by Crippen LogP contribution is -2.40. The van der Waals surface area contributed by atoms with Crippen LogP contribution in [0.3, 0.4) is 0 Å². The van der Waals surface area contributed by atoms with E-state index in [4.69, 9.17) is 21.1 Å². The molecule has 0 radical (unpaired) electrons. The quantitative estimate of drug-likeness (QED) is 0.449. The van der Waals surface area contributed by atoms with Crippen molar-refractivity contribution in [2.24, 2.45) is 0 Å². The van der Waals surface area contributed by atoms with E-state index in [1.165, 1.54) is 26.4 Å². The van der Waals surface area contributed by atoms with Gasteiger partial charge in [-0.25, -0.2) is 8.42 Å². The Balaban J connectivity index is 1.84. The second-order valence-electron chi connectivity index (χ2n) is 7.63. The van der Waals surface area contributed by atoms with Crippen LogP contribution in [0.5, 0.6) is 11.5 Å². The van der Waals surface area contributed by atoms with Crippen LogP contribution in [0.25, 0.3) is 0 Å². The first-order valence-corrected chi connectivity index (χ1v) is 12.3. The molecule has 3 rings (SSSR count). The van der Waals surface area contributed by atoms with Gasteiger partial charge in [-0.05, 0) is 48.9 Å². The Morgan fingerprint density at radius 1 is 0.971 bits per heavy atom. The summed E-state index contributed by atoms with van der Waals surface area (Å²) in [6.07, 6.45) is 0. The van der Waals surface area contributed by atoms with Crippen molar-refractivity contribution < 1.29 is 22.7 Å². The van der Waals surface area contributed by atoms with E-state index in [0.717, 1.165) is 9.87 Å². The summed E-state index contributed by atoms with van der Waals surface area (Å²) in [5.41, 5.74) is 2.26. The minimum Gasteiger partial charge on any atom is -0.496 e. The van der Waals surface area contributed by atoms with Crippen molar-refractivity contribution in [2.75, 3.05) is 20.8 Å². The van der Waals surface area contributed by atoms with Gasteiger partial charge in [-0.15, -0.1) is 0 Å². The molecule has 0 spiro atoms. The molecule has 0 saturated carbocycles. The van der Waals surface area contributed by atoms with E-state index in [1.807, 2.05) is 6.92 Å². The van der Waals surface area contributed by atoms with Crippen LogP contribution in [0.2, 0.25) is 5.02 Å². The Labute approximate surface area is 205 Å². The fourth-order valence-corrected chi connectivity index (χ4v) is 5.03. The summed E-state index contributed by atoms with van der Waals surface area (Å²) in [5, 5.41) is 3.26. The summed E-state index contributed by atoms with van der Waals surface area (Å²) in [6.45, 7) is 1.60. The van der Waals surface area contributed by atoms with Gasteiger partial charge in [0.2, 0.25) is 15.9 Å². The molecular formula is C25H27ClN2O5S. The van der Waals surface area contributed by atoms with Crippen LogP contribution >= 0.6 is 11.6 Å². The number of carbonyl (C=O) groups excluding carboxylic acids is 1. The Morgan fingerprint density at radius 3 is 2.18 bits per heavy atom. The number of rotatable bonds is 10. The number of ether oxygens (including phenoxy) is 2. The number of sulfonamides is 1. The molecule has 7 nitrogen and oxygen atoms in total. The molecule has 3 aromatic rings. The SMILES string of the molecule is COc1cccc(OC)c1CNC(=O)CN(Cc1cccc(Cl)c1)S(=O)(=O)c1ccc(C)cc1. The van der Waals surface area contributed by atoms with Gasteiger partial charge in [0.1, 0.15) is 11.5 Å². The lowest BCUT2D eigenvalue weighted by molar-refractivity contribution is -0.121. The van der Waals surface area contributed by atoms with Gasteiger partial charge in [-0.2, -0.15) is 4.31 Å². The summed E-state index contributed by atoms with van der Waals surface area (Å²) < 4.78 is 38.7. The lowest BCUT2D eigenvalue weighted by atomic mass is 10.1. The molecule has 0 heterocycles. The van der Waals surface area contributed by atoms with Crippen molar-refractivity contribution in [3.8, 4) is 11.5 Å². The van der Waals surface area contributed by atoms with Gasteiger partial charge in [-0.1, -0.05) is 47.5 Å². The molecule has 34 heavy (non-hydrogen) atoms. The van der Waals surface area contributed by atoms with Crippen LogP contribution < -0.4 is 14.8 Å². The van der Waals surface area contributed by atoms with Gasteiger partial charge in [0, 0.05) is 11.6 Å². The first-order valence-electron chi connectivity index (χ1n) is 10.5. The van der Waals surface area contributed by atoms with Crippen molar-refractivity contribution in [3.05, 3.63) is 88.4 Å². The maximum Gasteiger partial charge on any atom is 0.243 e. The van der Waals surface area contributed by atoms with E-state index in [2.05, 4.69) is 5.32 Å². The molecule has 0 saturated heterocycles. The van der Waals surface area contributed by atoms with Gasteiger partial charge in [0.15, 0.2) is 0 Å². The molecule has 0 atom stereocenters. The summed E-state index contributed by atoms with van der Waals surface area (Å²) in [4.78, 5) is 13.0. The highest BCUT2D eigenvalue weighted by molar-refractivity contribution is 7.89. The minimum atomic E-state index is -3.95. The monoisotopic (exact) mass is 502 g/mol. The number of nitrogens with zero attached hydrogens (tertiary/aromatic N) is 1. The Bertz CT molecular complexity index is 1220. The fourth-order valence-electron chi connectivity index (χ4n) is 3.43. The van der Waals surface area contributed by atoms with Crippen molar-refractivity contribution in [3.63, 3.8) is 0 Å². The van der Waals surface area contributed by atoms with Gasteiger partial charge in [-0.3, -0.25) is 4.79 Å². The first kappa shape index (κ1) is 25.6. The number of carbonyl (C=O) groups is 1. The predicted octanol–water partition coefficient (Wildman–Crippen LogP) is 4.17. The molecule has 0 aliphatic heterocycles. The standard InChI is InChI=1S/C25H27ClN2O5S/c1-18-10-12-21(13-11-18)34(30,31)28(16-19-6-4-7-20(26)14-19)17-25(29)27-15-22-23(32-2)8-5-9-24(22)33-3/h4-14H,15-17H2,1-3H3,(H,27,29). The fraction of sp³-hybridized carbons (Fsp3) is 0.240. The normalized spacial score (nSPS) is 11.3. The smallest absolute Gasteiger partial charge is 0.243 e. The third-order valence-corrected chi connectivity index (χ3v) is 7.26. The summed E-state index contributed by atoms with van der Waals surface area (Å²) in [7, 11) is -0.895. The summed E-state index contributed by atoms with van der Waals surface area (Å²) in [6, 6.07) is 18.7. The predicted molar refractivity (Wildman–Crippen MR) is 132 cm³/mol. The molecule has 0 bridgehead atoms. The van der Waals surface area contributed by atoms with E-state index >= 15 is 0 Å². The van der Waals surface area contributed by atoms with Gasteiger partial charge < -0.3 is 14.8 Å². The molecule has 0 fully saturated rings. The highest BCUT2D eigenvalue weighted by atomic mass is 35.5. The van der Waals surface area contributed by atoms with Crippen LogP contribution in [0, 0.1) is 6.92 Å². The summed E-state index contributed by atoms with van der Waals surface area (Å²) in [5.74, 6) is 0.649. The van der Waals surface area contributed by atoms with Gasteiger partial charge in [0.05, 0.1) is 37.8 Å². The van der Waals surface area contributed by atoms with Gasteiger partial charge in [0.25, 0.3) is 0 Å². The molecule has 9 heteroatoms. The molecule has 180 valence electrons. The highest BCUT2D eigenvalue weighted by Crippen LogP contribution is 2.28. The molecule has 0 unspecified atom stereocenters. The van der Waals surface area contributed by atoms with E-state index in [0.29, 0.717) is 27.6 Å². The number of aryl methyl sites for hydroxylation is 1. The van der Waals surface area contributed by atoms with E-state index in [9.17, 15) is 13.2 Å². The molecule has 3 aromatic carbocycles. The number of hydrogen-bond acceptors (Lipinski definition) is 5. The van der Waals surface area contributed by atoms with Crippen molar-refractivity contribution >= 4 is 27.5 Å². The zero-order valence-electron chi connectivity index (χ0n) is 19.2. The third kappa shape index (κ3) is 6.28. The largest absolute Gasteiger partial charge is 0.496 e. The second-order valence-corrected chi connectivity index (χ2v) is 10.0. The van der Waals surface area contributed by atoms with Crippen LogP contribution in [0.4, 0.5) is 0 Å². The Morgan fingerprint density at radius 2 is 1.59 bits per heavy atom. The highest BCUT2D eigenvalue weighted by Gasteiger charge is 2.27. The number of amides is 1. The molecule has 0 aromatic heterocycles. The first-order chi connectivity index (χ1) is 16.2. The Kier molecular flexibility index (Phi) is 8.55. The van der Waals surface area contributed by atoms with Crippen molar-refractivity contribution in [1.29, 1.82) is 0 Å². The zero-order valence-corrected chi connectivity index (χ0v) is 20.8. The van der Waals surface area contributed by atoms with Crippen LogP contribution in [-0.4, -0.2) is 39.4 Å². The minimum absolute atomic E-state index is 0.0117. The maximum absolute atomic E-state index is 13.4. The Hall–Kier alpha value is -3.07. The third-order valence-electron chi connectivity index (χ3n) is 5.22. The number of benzene rings is 3. The molecule has 0 aliphatic carbocycles. The second kappa shape index (κ2) is 11.4. The molecule has 1 amide bonds. The van der Waals surface area contributed by atoms with Crippen LogP contribution in [0.1, 0.15) is 16.7 Å². The molecule has 0 aliphatic rings. The zero-order chi connectivity index (χ0) is 24.7. The summed E-state index contributed by atoms with van der Waals surface area (Å²) >= 11 is 6.09. The number of hydrogen-bond donors (Lipinski definition) is 1. The topological polar surface area (TPSA) is 84.9 Å². The average Bonchev–Trinajstić information content (AvgIpc) is 2.82. The number of halogens is 1. The maximum atomic E-state index is 13.4. The van der Waals surface area contributed by atoms with E-state index < -0.39 is 15.9 Å². The average molecular weight is 503 g/mol. The van der Waals surface area contributed by atoms with Crippen molar-refractivity contribution in [1.82, 2.24) is 9.62 Å². The van der Waals surface area contributed by atoms with Crippen LogP contribution in [-0.2, 0) is 27.9 Å². The number of nitrogens with one attached hydrogen (secondary N) is 1. The van der Waals surface area contributed by atoms with E-state index in [-0.39, 0.29) is 24.5 Å². The van der Waals surface area contributed by atoms with Crippen molar-refractivity contribution in [2.45, 2.75) is 24.9 Å². The number of methoxy groups -OCH3 is 2. The molecular weight excluding hydrogens is 476 g/mol. The lowest BCUT2D eigenvalue weighted by Gasteiger charge is -2.22. The van der Waals surface area contributed by atoms with Gasteiger partial charge >= 0.3 is 0 Å². The van der Waals surface area contributed by atoms with Crippen LogP contribution in [0.15, 0.2) is 71.6 Å². The molecule has 1 N–H and O–H groups in total.